The number of ketones is 2. The number of carbonyl (C=O) groups is 3. The van der Waals surface area contributed by atoms with Gasteiger partial charge in [0, 0.05) is 30.1 Å². The molecule has 0 radical (unpaired) electrons. The topological polar surface area (TPSA) is 221 Å². The van der Waals surface area contributed by atoms with Crippen LogP contribution in [-0.4, -0.2) is 120 Å². The number of hydrogen-bond donors (Lipinski definition) is 7. The van der Waals surface area contributed by atoms with Gasteiger partial charge >= 0.3 is 5.97 Å². The van der Waals surface area contributed by atoms with Crippen molar-refractivity contribution >= 4 is 17.5 Å². The van der Waals surface area contributed by atoms with Crippen LogP contribution in [0.25, 0.3) is 0 Å². The zero-order valence-electron chi connectivity index (χ0n) is 31.2. The SMILES string of the molecule is CC(=O)OC(C)(C)C=CC(=O)C(C)(O)C1C(O)CC2(C)C3CC=C4C(CC(OC5OC(CO)C(O)C(O)C5O)C(O)C4(C)C)C3(C)C(=O)CC12C. The molecule has 1 saturated heterocycles. The van der Waals surface area contributed by atoms with Crippen LogP contribution in [0.1, 0.15) is 88.0 Å². The third kappa shape index (κ3) is 6.08. The Morgan fingerprint density at radius 1 is 1.00 bits per heavy atom. The summed E-state index contributed by atoms with van der Waals surface area (Å²) in [5.74, 6) is -3.10. The van der Waals surface area contributed by atoms with Gasteiger partial charge in [-0.25, -0.2) is 0 Å². The quantitative estimate of drug-likeness (QED) is 0.106. The number of fused-ring (bicyclic) bond motifs is 5. The van der Waals surface area contributed by atoms with Gasteiger partial charge in [-0.15, -0.1) is 0 Å². The standard InChI is InChI=1S/C38H58O13/c1-18(40)51-33(2,3)13-12-25(42)38(9,48)30-21(41)15-35(6)24-11-10-19-20(37(24,8)26(43)16-36(30,35)7)14-22(31(47)34(19,4)5)49-32-29(46)28(45)27(44)23(17-39)50-32/h10,12-13,20-24,27-32,39,41,44-48H,11,14-17H2,1-9H3. The molecule has 15 atom stereocenters. The number of rotatable bonds is 8. The van der Waals surface area contributed by atoms with Crippen LogP contribution in [0.15, 0.2) is 23.8 Å². The lowest BCUT2D eigenvalue weighted by Gasteiger charge is -2.65. The molecule has 13 heteroatoms. The minimum Gasteiger partial charge on any atom is -0.456 e. The van der Waals surface area contributed by atoms with Crippen molar-refractivity contribution in [3.8, 4) is 0 Å². The zero-order chi connectivity index (χ0) is 38.4. The molecule has 0 aromatic carbocycles. The van der Waals surface area contributed by atoms with Gasteiger partial charge in [-0.05, 0) is 74.9 Å². The van der Waals surface area contributed by atoms with Crippen molar-refractivity contribution in [2.24, 2.45) is 39.4 Å². The lowest BCUT2D eigenvalue weighted by Crippen LogP contribution is -2.66. The molecule has 5 aliphatic rings. The van der Waals surface area contributed by atoms with Crippen molar-refractivity contribution in [1.29, 1.82) is 0 Å². The van der Waals surface area contributed by atoms with Gasteiger partial charge in [0.25, 0.3) is 0 Å². The van der Waals surface area contributed by atoms with E-state index in [1.807, 2.05) is 34.6 Å². The summed E-state index contributed by atoms with van der Waals surface area (Å²) in [4.78, 5) is 40.0. The summed E-state index contributed by atoms with van der Waals surface area (Å²) in [5, 5.41) is 76.4. The Kier molecular flexibility index (Phi) is 10.3. The van der Waals surface area contributed by atoms with E-state index in [1.54, 1.807) is 13.8 Å². The van der Waals surface area contributed by atoms with Gasteiger partial charge in [-0.2, -0.15) is 0 Å². The summed E-state index contributed by atoms with van der Waals surface area (Å²) in [6, 6.07) is 0. The molecular formula is C38H58O13. The van der Waals surface area contributed by atoms with Crippen molar-refractivity contribution in [3.63, 3.8) is 0 Å². The van der Waals surface area contributed by atoms with Gasteiger partial charge in [0.15, 0.2) is 12.1 Å². The number of carbonyl (C=O) groups excluding carboxylic acids is 3. The Labute approximate surface area is 299 Å². The van der Waals surface area contributed by atoms with E-state index < -0.39 is 112 Å². The number of aliphatic hydroxyl groups excluding tert-OH is 6. The summed E-state index contributed by atoms with van der Waals surface area (Å²) >= 11 is 0. The fourth-order valence-corrected chi connectivity index (χ4v) is 11.0. The summed E-state index contributed by atoms with van der Waals surface area (Å²) in [6.45, 7) is 14.7. The van der Waals surface area contributed by atoms with Crippen LogP contribution in [0.3, 0.4) is 0 Å². The van der Waals surface area contributed by atoms with Crippen molar-refractivity contribution in [1.82, 2.24) is 0 Å². The second-order valence-corrected chi connectivity index (χ2v) is 17.8. The average molecular weight is 723 g/mol. The number of Topliss-reactive ketones (excluding diaryl/α,β-unsaturated/α-hetero) is 1. The molecule has 51 heavy (non-hydrogen) atoms. The first-order valence-corrected chi connectivity index (χ1v) is 18.0. The molecule has 0 amide bonds. The van der Waals surface area contributed by atoms with E-state index in [9.17, 15) is 50.1 Å². The maximum Gasteiger partial charge on any atom is 0.303 e. The van der Waals surface area contributed by atoms with Gasteiger partial charge in [0.1, 0.15) is 41.4 Å². The molecule has 0 bridgehead atoms. The summed E-state index contributed by atoms with van der Waals surface area (Å²) in [7, 11) is 0. The Bertz CT molecular complexity index is 1460. The second kappa shape index (κ2) is 13.1. The number of allylic oxidation sites excluding steroid dienone is 1. The average Bonchev–Trinajstić information content (AvgIpc) is 3.22. The van der Waals surface area contributed by atoms with E-state index in [1.165, 1.54) is 26.0 Å². The van der Waals surface area contributed by atoms with Crippen LogP contribution in [0.5, 0.6) is 0 Å². The van der Waals surface area contributed by atoms with E-state index in [0.29, 0.717) is 6.42 Å². The van der Waals surface area contributed by atoms with Crippen LogP contribution in [0, 0.1) is 39.4 Å². The van der Waals surface area contributed by atoms with E-state index in [-0.39, 0.29) is 31.0 Å². The molecule has 0 aromatic rings. The highest BCUT2D eigenvalue weighted by atomic mass is 16.7. The molecule has 0 aromatic heterocycles. The van der Waals surface area contributed by atoms with E-state index in [4.69, 9.17) is 14.2 Å². The smallest absolute Gasteiger partial charge is 0.303 e. The Balaban J connectivity index is 1.48. The minimum absolute atomic E-state index is 0.0324. The van der Waals surface area contributed by atoms with Crippen LogP contribution in [0.2, 0.25) is 0 Å². The van der Waals surface area contributed by atoms with Crippen molar-refractivity contribution in [2.75, 3.05) is 6.61 Å². The number of aliphatic hydroxyl groups is 7. The highest BCUT2D eigenvalue weighted by Gasteiger charge is 2.74. The van der Waals surface area contributed by atoms with Crippen molar-refractivity contribution in [2.45, 2.75) is 148 Å². The lowest BCUT2D eigenvalue weighted by molar-refractivity contribution is -0.323. The highest BCUT2D eigenvalue weighted by molar-refractivity contribution is 5.97. The van der Waals surface area contributed by atoms with E-state index in [2.05, 4.69) is 6.08 Å². The Morgan fingerprint density at radius 2 is 1.63 bits per heavy atom. The summed E-state index contributed by atoms with van der Waals surface area (Å²) < 4.78 is 17.0. The maximum atomic E-state index is 14.8. The normalized spacial score (nSPS) is 46.4. The van der Waals surface area contributed by atoms with Gasteiger partial charge in [-0.3, -0.25) is 14.4 Å². The van der Waals surface area contributed by atoms with E-state index >= 15 is 0 Å². The Morgan fingerprint density at radius 3 is 2.22 bits per heavy atom. The Hall–Kier alpha value is -2.07. The first-order chi connectivity index (χ1) is 23.3. The minimum atomic E-state index is -2.07. The van der Waals surface area contributed by atoms with Crippen LogP contribution in [-0.2, 0) is 28.6 Å². The van der Waals surface area contributed by atoms with Crippen molar-refractivity contribution < 1.29 is 64.3 Å². The van der Waals surface area contributed by atoms with Gasteiger partial charge in [0.2, 0.25) is 0 Å². The van der Waals surface area contributed by atoms with Gasteiger partial charge in [0.05, 0.1) is 24.9 Å². The van der Waals surface area contributed by atoms with Crippen LogP contribution < -0.4 is 0 Å². The zero-order valence-corrected chi connectivity index (χ0v) is 31.2. The number of esters is 1. The van der Waals surface area contributed by atoms with Crippen molar-refractivity contribution in [3.05, 3.63) is 23.8 Å². The molecule has 7 N–H and O–H groups in total. The number of hydrogen-bond acceptors (Lipinski definition) is 13. The molecule has 13 nitrogen and oxygen atoms in total. The predicted octanol–water partition coefficient (Wildman–Crippen LogP) is 1.12. The molecule has 4 fully saturated rings. The molecule has 3 saturated carbocycles. The molecule has 15 unspecified atom stereocenters. The summed E-state index contributed by atoms with van der Waals surface area (Å²) in [5.41, 5.74) is -5.94. The largest absolute Gasteiger partial charge is 0.456 e. The molecule has 1 heterocycles. The maximum absolute atomic E-state index is 14.8. The number of ether oxygens (including phenoxy) is 3. The van der Waals surface area contributed by atoms with Gasteiger partial charge in [-0.1, -0.05) is 46.3 Å². The van der Waals surface area contributed by atoms with Crippen LogP contribution in [0.4, 0.5) is 0 Å². The lowest BCUT2D eigenvalue weighted by atomic mass is 9.38. The van der Waals surface area contributed by atoms with E-state index in [0.717, 1.165) is 5.57 Å². The summed E-state index contributed by atoms with van der Waals surface area (Å²) in [6.07, 6.45) is -5.36. The monoisotopic (exact) mass is 722 g/mol. The fourth-order valence-electron chi connectivity index (χ4n) is 11.0. The molecule has 0 spiro atoms. The first-order valence-electron chi connectivity index (χ1n) is 18.0. The van der Waals surface area contributed by atoms with Crippen LogP contribution >= 0.6 is 0 Å². The van der Waals surface area contributed by atoms with Gasteiger partial charge < -0.3 is 50.0 Å². The molecular weight excluding hydrogens is 664 g/mol. The first kappa shape index (κ1) is 40.1. The highest BCUT2D eigenvalue weighted by Crippen LogP contribution is 2.74. The predicted molar refractivity (Wildman–Crippen MR) is 181 cm³/mol. The molecule has 1 aliphatic heterocycles. The third-order valence-electron chi connectivity index (χ3n) is 13.9. The molecule has 288 valence electrons. The third-order valence-corrected chi connectivity index (χ3v) is 13.9. The second-order valence-electron chi connectivity index (χ2n) is 17.8. The molecule has 5 rings (SSSR count). The fraction of sp³-hybridized carbons (Fsp3) is 0.816. The molecule has 4 aliphatic carbocycles.